The molecule has 1 saturated carbocycles. The van der Waals surface area contributed by atoms with E-state index in [1.807, 2.05) is 0 Å². The van der Waals surface area contributed by atoms with E-state index in [2.05, 4.69) is 20.8 Å². The lowest BCUT2D eigenvalue weighted by Crippen LogP contribution is -2.45. The van der Waals surface area contributed by atoms with Crippen molar-refractivity contribution >= 4 is 0 Å². The van der Waals surface area contributed by atoms with Crippen molar-refractivity contribution in [3.63, 3.8) is 0 Å². The Morgan fingerprint density at radius 3 is 1.75 bits per heavy atom. The van der Waals surface area contributed by atoms with Crippen LogP contribution in [0.2, 0.25) is 0 Å². The van der Waals surface area contributed by atoms with Gasteiger partial charge in [-0.2, -0.15) is 0 Å². The van der Waals surface area contributed by atoms with Gasteiger partial charge in [0.2, 0.25) is 0 Å². The number of unbranched alkanes of at least 4 members (excludes halogenated alkanes) is 9. The smallest absolute Gasteiger partial charge is 0.0653 e. The minimum Gasteiger partial charge on any atom is -0.390 e. The maximum Gasteiger partial charge on any atom is 0.0653 e. The summed E-state index contributed by atoms with van der Waals surface area (Å²) >= 11 is 0. The Balaban J connectivity index is 1.84. The molecule has 0 bridgehead atoms. The van der Waals surface area contributed by atoms with Gasteiger partial charge in [-0.3, -0.25) is 0 Å². The molecule has 0 aromatic carbocycles. The molecule has 1 N–H and O–H groups in total. The Morgan fingerprint density at radius 2 is 1.30 bits per heavy atom. The van der Waals surface area contributed by atoms with Gasteiger partial charge in [0, 0.05) is 0 Å². The predicted octanol–water partition coefficient (Wildman–Crippen LogP) is 6.09. The molecule has 120 valence electrons. The molecular formula is C19H38O. The fourth-order valence-corrected chi connectivity index (χ4v) is 3.53. The molecule has 0 unspecified atom stereocenters. The van der Waals surface area contributed by atoms with Crippen molar-refractivity contribution < 1.29 is 5.11 Å². The zero-order valence-corrected chi connectivity index (χ0v) is 14.3. The van der Waals surface area contributed by atoms with Crippen molar-refractivity contribution in [1.29, 1.82) is 0 Å². The normalized spacial score (nSPS) is 25.9. The molecule has 0 aromatic rings. The van der Waals surface area contributed by atoms with Crippen LogP contribution in [0, 0.1) is 11.8 Å². The van der Waals surface area contributed by atoms with Crippen molar-refractivity contribution in [1.82, 2.24) is 0 Å². The molecular weight excluding hydrogens is 244 g/mol. The van der Waals surface area contributed by atoms with Crippen LogP contribution in [0.25, 0.3) is 0 Å². The summed E-state index contributed by atoms with van der Waals surface area (Å²) in [5, 5.41) is 10.4. The Labute approximate surface area is 127 Å². The van der Waals surface area contributed by atoms with Crippen LogP contribution in [0.1, 0.15) is 104 Å². The molecule has 1 aliphatic rings. The Morgan fingerprint density at radius 1 is 0.850 bits per heavy atom. The molecule has 1 rings (SSSR count). The molecule has 1 heteroatoms. The molecule has 1 aliphatic carbocycles. The van der Waals surface area contributed by atoms with Crippen molar-refractivity contribution in [2.75, 3.05) is 0 Å². The van der Waals surface area contributed by atoms with Crippen molar-refractivity contribution in [3.8, 4) is 0 Å². The van der Waals surface area contributed by atoms with E-state index in [0.717, 1.165) is 31.1 Å². The minimum atomic E-state index is -0.283. The third-order valence-corrected chi connectivity index (χ3v) is 5.22. The second-order valence-corrected chi connectivity index (χ2v) is 7.57. The summed E-state index contributed by atoms with van der Waals surface area (Å²) in [6, 6.07) is 0. The van der Waals surface area contributed by atoms with E-state index >= 15 is 0 Å². The zero-order valence-electron chi connectivity index (χ0n) is 14.3. The Bertz CT molecular complexity index is 228. The van der Waals surface area contributed by atoms with Gasteiger partial charge in [-0.05, 0) is 31.1 Å². The van der Waals surface area contributed by atoms with E-state index in [4.69, 9.17) is 0 Å². The molecule has 1 fully saturated rings. The molecule has 0 spiro atoms. The fourth-order valence-electron chi connectivity index (χ4n) is 3.53. The summed E-state index contributed by atoms with van der Waals surface area (Å²) < 4.78 is 0. The lowest BCUT2D eigenvalue weighted by molar-refractivity contribution is -0.0936. The van der Waals surface area contributed by atoms with Gasteiger partial charge in [-0.15, -0.1) is 0 Å². The largest absolute Gasteiger partial charge is 0.390 e. The topological polar surface area (TPSA) is 20.2 Å². The summed E-state index contributed by atoms with van der Waals surface area (Å²) in [4.78, 5) is 0. The van der Waals surface area contributed by atoms with Gasteiger partial charge in [0.15, 0.2) is 0 Å². The molecule has 0 radical (unpaired) electrons. The van der Waals surface area contributed by atoms with E-state index in [0.29, 0.717) is 0 Å². The van der Waals surface area contributed by atoms with Crippen molar-refractivity contribution in [2.24, 2.45) is 11.8 Å². The summed E-state index contributed by atoms with van der Waals surface area (Å²) in [7, 11) is 0. The fraction of sp³-hybridized carbons (Fsp3) is 1.00. The average Bonchev–Trinajstić information content (AvgIpc) is 2.37. The summed E-state index contributed by atoms with van der Waals surface area (Å²) in [5.74, 6) is 1.53. The van der Waals surface area contributed by atoms with Crippen LogP contribution in [-0.4, -0.2) is 10.7 Å². The standard InChI is InChI=1S/C19H38O/c1-4-5-6-7-8-9-10-11-12-13-14-19(20)15-18(16-19)17(2)3/h17-18,20H,4-16H2,1-3H3. The molecule has 0 saturated heterocycles. The van der Waals surface area contributed by atoms with Gasteiger partial charge in [0.1, 0.15) is 0 Å². The predicted molar refractivity (Wildman–Crippen MR) is 89.0 cm³/mol. The van der Waals surface area contributed by atoms with E-state index in [9.17, 15) is 5.11 Å². The highest BCUT2D eigenvalue weighted by Gasteiger charge is 2.42. The van der Waals surface area contributed by atoms with E-state index in [1.54, 1.807) is 0 Å². The highest BCUT2D eigenvalue weighted by molar-refractivity contribution is 4.94. The lowest BCUT2D eigenvalue weighted by atomic mass is 9.64. The summed E-state index contributed by atoms with van der Waals surface area (Å²) in [5.41, 5.74) is -0.283. The summed E-state index contributed by atoms with van der Waals surface area (Å²) in [6.07, 6.45) is 17.0. The first-order valence-electron chi connectivity index (χ1n) is 9.30. The molecule has 0 aliphatic heterocycles. The monoisotopic (exact) mass is 282 g/mol. The first-order chi connectivity index (χ1) is 9.57. The molecule has 20 heavy (non-hydrogen) atoms. The van der Waals surface area contributed by atoms with E-state index in [-0.39, 0.29) is 5.60 Å². The van der Waals surface area contributed by atoms with Crippen LogP contribution in [0.4, 0.5) is 0 Å². The van der Waals surface area contributed by atoms with Gasteiger partial charge in [-0.1, -0.05) is 85.0 Å². The van der Waals surface area contributed by atoms with Crippen LogP contribution in [-0.2, 0) is 0 Å². The summed E-state index contributed by atoms with van der Waals surface area (Å²) in [6.45, 7) is 6.84. The second-order valence-electron chi connectivity index (χ2n) is 7.57. The lowest BCUT2D eigenvalue weighted by Gasteiger charge is -2.46. The molecule has 0 aromatic heterocycles. The third kappa shape index (κ3) is 7.11. The number of hydrogen-bond acceptors (Lipinski definition) is 1. The van der Waals surface area contributed by atoms with Gasteiger partial charge < -0.3 is 5.11 Å². The Hall–Kier alpha value is -0.0400. The van der Waals surface area contributed by atoms with Gasteiger partial charge in [0.05, 0.1) is 5.60 Å². The Kier molecular flexibility index (Phi) is 8.84. The van der Waals surface area contributed by atoms with Gasteiger partial charge in [-0.25, -0.2) is 0 Å². The van der Waals surface area contributed by atoms with Crippen LogP contribution >= 0.6 is 0 Å². The number of aliphatic hydroxyl groups is 1. The molecule has 0 amide bonds. The highest BCUT2D eigenvalue weighted by Crippen LogP contribution is 2.44. The molecule has 0 heterocycles. The van der Waals surface area contributed by atoms with Gasteiger partial charge in [0.25, 0.3) is 0 Å². The van der Waals surface area contributed by atoms with Crippen LogP contribution in [0.15, 0.2) is 0 Å². The zero-order chi connectivity index (χ0) is 14.8. The van der Waals surface area contributed by atoms with Crippen LogP contribution < -0.4 is 0 Å². The average molecular weight is 283 g/mol. The first-order valence-corrected chi connectivity index (χ1v) is 9.30. The number of rotatable bonds is 12. The maximum atomic E-state index is 10.4. The minimum absolute atomic E-state index is 0.283. The molecule has 1 nitrogen and oxygen atoms in total. The highest BCUT2D eigenvalue weighted by atomic mass is 16.3. The first kappa shape index (κ1) is 18.0. The van der Waals surface area contributed by atoms with Gasteiger partial charge >= 0.3 is 0 Å². The van der Waals surface area contributed by atoms with E-state index in [1.165, 1.54) is 64.2 Å². The second kappa shape index (κ2) is 9.82. The van der Waals surface area contributed by atoms with Crippen molar-refractivity contribution in [3.05, 3.63) is 0 Å². The van der Waals surface area contributed by atoms with Crippen molar-refractivity contribution in [2.45, 2.75) is 110 Å². The van der Waals surface area contributed by atoms with E-state index < -0.39 is 0 Å². The quantitative estimate of drug-likeness (QED) is 0.429. The number of hydrogen-bond donors (Lipinski definition) is 1. The van der Waals surface area contributed by atoms with Crippen LogP contribution in [0.5, 0.6) is 0 Å². The van der Waals surface area contributed by atoms with Crippen LogP contribution in [0.3, 0.4) is 0 Å². The molecule has 0 atom stereocenters. The third-order valence-electron chi connectivity index (χ3n) is 5.22. The SMILES string of the molecule is CCCCCCCCCCCCC1(O)CC(C(C)C)C1. The maximum absolute atomic E-state index is 10.4.